The standard InChI is InChI=1S/C36H28N6/c1-21-37-22(2)40-35(39-21)27-17-13-25(14-18-27)33-29-9-5-7-11-31(29)34(32-12-8-6-10-30(32)33)26-15-19-28(20-16-26)36-41-23(3)38-24(4)42-36/h5-20H,1-4H3. The molecule has 0 aliphatic carbocycles. The van der Waals surface area contributed by atoms with Crippen LogP contribution in [0.5, 0.6) is 0 Å². The summed E-state index contributed by atoms with van der Waals surface area (Å²) in [4.78, 5) is 26.9. The number of fused-ring (bicyclic) bond motifs is 2. The van der Waals surface area contributed by atoms with Crippen molar-refractivity contribution in [1.82, 2.24) is 29.9 Å². The molecule has 0 bridgehead atoms. The first-order valence-electron chi connectivity index (χ1n) is 14.0. The van der Waals surface area contributed by atoms with E-state index in [2.05, 4.69) is 127 Å². The minimum absolute atomic E-state index is 0.697. The van der Waals surface area contributed by atoms with Gasteiger partial charge in [0.15, 0.2) is 11.6 Å². The van der Waals surface area contributed by atoms with Crippen LogP contribution in [-0.4, -0.2) is 29.9 Å². The van der Waals surface area contributed by atoms with Gasteiger partial charge in [0.25, 0.3) is 0 Å². The van der Waals surface area contributed by atoms with Crippen molar-refractivity contribution in [3.63, 3.8) is 0 Å². The molecule has 202 valence electrons. The first kappa shape index (κ1) is 25.6. The summed E-state index contributed by atoms with van der Waals surface area (Å²) in [5, 5.41) is 4.83. The largest absolute Gasteiger partial charge is 0.219 e. The Morgan fingerprint density at radius 2 is 0.571 bits per heavy atom. The van der Waals surface area contributed by atoms with Gasteiger partial charge in [-0.15, -0.1) is 0 Å². The maximum atomic E-state index is 4.55. The van der Waals surface area contributed by atoms with Crippen LogP contribution in [0.1, 0.15) is 23.3 Å². The van der Waals surface area contributed by atoms with Crippen LogP contribution in [0.2, 0.25) is 0 Å². The van der Waals surface area contributed by atoms with Gasteiger partial charge in [-0.3, -0.25) is 0 Å². The lowest BCUT2D eigenvalue weighted by atomic mass is 9.85. The second kappa shape index (κ2) is 10.2. The van der Waals surface area contributed by atoms with Crippen molar-refractivity contribution in [3.8, 4) is 45.0 Å². The van der Waals surface area contributed by atoms with Crippen LogP contribution < -0.4 is 0 Å². The molecular formula is C36H28N6. The van der Waals surface area contributed by atoms with Crippen LogP contribution in [0.4, 0.5) is 0 Å². The van der Waals surface area contributed by atoms with Crippen molar-refractivity contribution in [3.05, 3.63) is 120 Å². The maximum absolute atomic E-state index is 4.55. The van der Waals surface area contributed by atoms with Gasteiger partial charge >= 0.3 is 0 Å². The Labute approximate surface area is 244 Å². The van der Waals surface area contributed by atoms with E-state index in [4.69, 9.17) is 0 Å². The van der Waals surface area contributed by atoms with E-state index in [-0.39, 0.29) is 0 Å². The van der Waals surface area contributed by atoms with Gasteiger partial charge in [-0.05, 0) is 71.5 Å². The Kier molecular flexibility index (Phi) is 6.24. The normalized spacial score (nSPS) is 11.3. The van der Waals surface area contributed by atoms with Gasteiger partial charge in [0, 0.05) is 11.1 Å². The minimum Gasteiger partial charge on any atom is -0.219 e. The van der Waals surface area contributed by atoms with Crippen molar-refractivity contribution >= 4 is 21.5 Å². The predicted molar refractivity (Wildman–Crippen MR) is 169 cm³/mol. The second-order valence-electron chi connectivity index (χ2n) is 10.5. The molecule has 6 heteroatoms. The molecule has 0 aliphatic rings. The number of aromatic nitrogens is 6. The molecule has 0 saturated carbocycles. The molecule has 0 fully saturated rings. The van der Waals surface area contributed by atoms with Crippen molar-refractivity contribution in [2.45, 2.75) is 27.7 Å². The number of rotatable bonds is 4. The fourth-order valence-corrected chi connectivity index (χ4v) is 5.81. The lowest BCUT2D eigenvalue weighted by Crippen LogP contribution is -1.99. The average Bonchev–Trinajstić information content (AvgIpc) is 2.99. The van der Waals surface area contributed by atoms with E-state index in [9.17, 15) is 0 Å². The third kappa shape index (κ3) is 4.57. The zero-order valence-electron chi connectivity index (χ0n) is 23.9. The molecule has 0 unspecified atom stereocenters. The Morgan fingerprint density at radius 3 is 0.857 bits per heavy atom. The van der Waals surface area contributed by atoms with E-state index in [0.29, 0.717) is 11.6 Å². The molecule has 7 rings (SSSR count). The first-order chi connectivity index (χ1) is 20.4. The summed E-state index contributed by atoms with van der Waals surface area (Å²) < 4.78 is 0. The number of hydrogen-bond acceptors (Lipinski definition) is 6. The molecule has 0 spiro atoms. The zero-order valence-corrected chi connectivity index (χ0v) is 23.9. The third-order valence-corrected chi connectivity index (χ3v) is 7.51. The zero-order chi connectivity index (χ0) is 28.8. The van der Waals surface area contributed by atoms with Crippen molar-refractivity contribution in [2.75, 3.05) is 0 Å². The highest BCUT2D eigenvalue weighted by Gasteiger charge is 2.17. The summed E-state index contributed by atoms with van der Waals surface area (Å²) in [6, 6.07) is 34.4. The summed E-state index contributed by atoms with van der Waals surface area (Å²) in [7, 11) is 0. The van der Waals surface area contributed by atoms with Crippen molar-refractivity contribution < 1.29 is 0 Å². The Bertz CT molecular complexity index is 1870. The van der Waals surface area contributed by atoms with Crippen molar-refractivity contribution in [2.24, 2.45) is 0 Å². The van der Waals surface area contributed by atoms with Gasteiger partial charge in [-0.2, -0.15) is 0 Å². The average molecular weight is 545 g/mol. The molecule has 0 amide bonds. The van der Waals surface area contributed by atoms with Crippen LogP contribution in [0.15, 0.2) is 97.1 Å². The molecule has 0 atom stereocenters. The van der Waals surface area contributed by atoms with Gasteiger partial charge in [-0.1, -0.05) is 97.1 Å². The molecule has 7 aromatic rings. The van der Waals surface area contributed by atoms with E-state index >= 15 is 0 Å². The highest BCUT2D eigenvalue weighted by Crippen LogP contribution is 2.44. The highest BCUT2D eigenvalue weighted by atomic mass is 15.0. The molecule has 0 radical (unpaired) electrons. The number of aryl methyl sites for hydroxylation is 4. The minimum atomic E-state index is 0.697. The summed E-state index contributed by atoms with van der Waals surface area (Å²) in [5.41, 5.74) is 6.68. The van der Waals surface area contributed by atoms with E-state index in [1.165, 1.54) is 32.7 Å². The van der Waals surface area contributed by atoms with Gasteiger partial charge in [0.2, 0.25) is 0 Å². The summed E-state index contributed by atoms with van der Waals surface area (Å²) in [5.74, 6) is 4.29. The maximum Gasteiger partial charge on any atom is 0.163 e. The Balaban J connectivity index is 1.39. The molecule has 6 nitrogen and oxygen atoms in total. The Morgan fingerprint density at radius 1 is 0.310 bits per heavy atom. The van der Waals surface area contributed by atoms with Gasteiger partial charge in [0.1, 0.15) is 23.3 Å². The fraction of sp³-hybridized carbons (Fsp3) is 0.111. The summed E-state index contributed by atoms with van der Waals surface area (Å²) in [6.07, 6.45) is 0. The molecule has 2 heterocycles. The molecule has 0 saturated heterocycles. The van der Waals surface area contributed by atoms with Crippen LogP contribution in [0, 0.1) is 27.7 Å². The SMILES string of the molecule is Cc1nc(C)nc(-c2ccc(-c3c4ccccc4c(-c4ccc(-c5nc(C)nc(C)n5)cc4)c4ccccc34)cc2)n1. The van der Waals surface area contributed by atoms with Crippen LogP contribution >= 0.6 is 0 Å². The smallest absolute Gasteiger partial charge is 0.163 e. The molecule has 42 heavy (non-hydrogen) atoms. The summed E-state index contributed by atoms with van der Waals surface area (Å²) >= 11 is 0. The van der Waals surface area contributed by atoms with E-state index < -0.39 is 0 Å². The second-order valence-corrected chi connectivity index (χ2v) is 10.5. The first-order valence-corrected chi connectivity index (χ1v) is 14.0. The van der Waals surface area contributed by atoms with Crippen molar-refractivity contribution in [1.29, 1.82) is 0 Å². The molecule has 0 N–H and O–H groups in total. The van der Waals surface area contributed by atoms with E-state index in [0.717, 1.165) is 45.6 Å². The number of nitrogens with zero attached hydrogens (tertiary/aromatic N) is 6. The lowest BCUT2D eigenvalue weighted by Gasteiger charge is -2.18. The third-order valence-electron chi connectivity index (χ3n) is 7.51. The van der Waals surface area contributed by atoms with Gasteiger partial charge < -0.3 is 0 Å². The quantitative estimate of drug-likeness (QED) is 0.208. The van der Waals surface area contributed by atoms with E-state index in [1.807, 2.05) is 27.7 Å². The van der Waals surface area contributed by atoms with Gasteiger partial charge in [0.05, 0.1) is 0 Å². The topological polar surface area (TPSA) is 77.3 Å². The van der Waals surface area contributed by atoms with Crippen LogP contribution in [-0.2, 0) is 0 Å². The predicted octanol–water partition coefficient (Wildman–Crippen LogP) is 8.26. The van der Waals surface area contributed by atoms with Gasteiger partial charge in [-0.25, -0.2) is 29.9 Å². The Hall–Kier alpha value is -5.36. The highest BCUT2D eigenvalue weighted by molar-refractivity contribution is 6.21. The molecular weight excluding hydrogens is 516 g/mol. The summed E-state index contributed by atoms with van der Waals surface area (Å²) in [6.45, 7) is 7.59. The molecule has 0 aliphatic heterocycles. The van der Waals surface area contributed by atoms with Crippen LogP contribution in [0.3, 0.4) is 0 Å². The molecule has 5 aromatic carbocycles. The molecule has 2 aromatic heterocycles. The van der Waals surface area contributed by atoms with E-state index in [1.54, 1.807) is 0 Å². The fourth-order valence-electron chi connectivity index (χ4n) is 5.81. The monoisotopic (exact) mass is 544 g/mol. The number of hydrogen-bond donors (Lipinski definition) is 0. The lowest BCUT2D eigenvalue weighted by molar-refractivity contribution is 0.928. The van der Waals surface area contributed by atoms with Crippen LogP contribution in [0.25, 0.3) is 66.6 Å². The number of benzene rings is 5.